The topological polar surface area (TPSA) is 66.9 Å². The fourth-order valence-electron chi connectivity index (χ4n) is 3.87. The van der Waals surface area contributed by atoms with E-state index in [0.29, 0.717) is 0 Å². The molecule has 0 bridgehead atoms. The van der Waals surface area contributed by atoms with Gasteiger partial charge in [-0.25, -0.2) is 0 Å². The number of pyridine rings is 1. The maximum absolute atomic E-state index is 12.9. The van der Waals surface area contributed by atoms with Crippen molar-refractivity contribution in [3.63, 3.8) is 0 Å². The van der Waals surface area contributed by atoms with Crippen LogP contribution in [0, 0.1) is 0 Å². The van der Waals surface area contributed by atoms with E-state index in [1.54, 1.807) is 38.0 Å². The zero-order valence-electron chi connectivity index (χ0n) is 18.6. The van der Waals surface area contributed by atoms with Gasteiger partial charge in [0.05, 0.1) is 31.2 Å². The van der Waals surface area contributed by atoms with Gasteiger partial charge >= 0.3 is 0 Å². The molecule has 0 aliphatic carbocycles. The van der Waals surface area contributed by atoms with E-state index in [0.717, 1.165) is 65.1 Å². The minimum absolute atomic E-state index is 0.0862. The molecule has 1 amide bonds. The largest absolute Gasteiger partial charge is 0.495 e. The second kappa shape index (κ2) is 10.0. The number of rotatable bonds is 7. The Bertz CT molecular complexity index is 1060. The first-order valence-electron chi connectivity index (χ1n) is 10.5. The van der Waals surface area contributed by atoms with Gasteiger partial charge in [0.25, 0.3) is 0 Å². The van der Waals surface area contributed by atoms with Crippen molar-refractivity contribution in [2.24, 2.45) is 0 Å². The molecule has 0 saturated carbocycles. The van der Waals surface area contributed by atoms with Crippen LogP contribution in [0.25, 0.3) is 10.4 Å². The molecule has 7 nitrogen and oxygen atoms in total. The highest BCUT2D eigenvalue weighted by atomic mass is 32.1. The lowest BCUT2D eigenvalue weighted by atomic mass is 10.1. The van der Waals surface area contributed by atoms with Gasteiger partial charge in [0.1, 0.15) is 11.5 Å². The number of anilines is 2. The number of nitrogens with one attached hydrogen (secondary N) is 1. The second-order valence-electron chi connectivity index (χ2n) is 7.76. The fraction of sp³-hybridized carbons (Fsp3) is 0.333. The molecular formula is C24H28N4O3S. The van der Waals surface area contributed by atoms with Crippen LogP contribution in [0.5, 0.6) is 11.5 Å². The van der Waals surface area contributed by atoms with Crippen LogP contribution in [-0.2, 0) is 11.2 Å². The third kappa shape index (κ3) is 4.87. The highest BCUT2D eigenvalue weighted by Crippen LogP contribution is 2.39. The molecule has 32 heavy (non-hydrogen) atoms. The summed E-state index contributed by atoms with van der Waals surface area (Å²) in [4.78, 5) is 22.5. The Balaban J connectivity index is 1.49. The van der Waals surface area contributed by atoms with Gasteiger partial charge in [-0.1, -0.05) is 0 Å². The molecule has 8 heteroatoms. The van der Waals surface area contributed by atoms with Crippen molar-refractivity contribution in [1.82, 2.24) is 9.88 Å². The summed E-state index contributed by atoms with van der Waals surface area (Å²) in [6, 6.07) is 9.67. The monoisotopic (exact) mass is 452 g/mol. The van der Waals surface area contributed by atoms with Gasteiger partial charge in [-0.2, -0.15) is 0 Å². The van der Waals surface area contributed by atoms with Gasteiger partial charge in [-0.3, -0.25) is 9.78 Å². The van der Waals surface area contributed by atoms with Crippen molar-refractivity contribution in [2.45, 2.75) is 6.42 Å². The smallest absolute Gasteiger partial charge is 0.228 e. The summed E-state index contributed by atoms with van der Waals surface area (Å²) in [5, 5.41) is 5.02. The van der Waals surface area contributed by atoms with E-state index in [1.165, 1.54) is 0 Å². The number of benzene rings is 1. The molecule has 1 aromatic carbocycles. The normalized spacial score (nSPS) is 14.3. The summed E-state index contributed by atoms with van der Waals surface area (Å²) in [6.07, 6.45) is 3.74. The summed E-state index contributed by atoms with van der Waals surface area (Å²) in [6.45, 7) is 3.84. The third-order valence-electron chi connectivity index (χ3n) is 5.62. The van der Waals surface area contributed by atoms with E-state index in [-0.39, 0.29) is 12.3 Å². The van der Waals surface area contributed by atoms with Crippen molar-refractivity contribution in [1.29, 1.82) is 0 Å². The number of carbonyl (C=O) groups excluding carboxylic acids is 1. The van der Waals surface area contributed by atoms with Gasteiger partial charge in [-0.05, 0) is 48.3 Å². The lowest BCUT2D eigenvalue weighted by Gasteiger charge is -2.34. The van der Waals surface area contributed by atoms with Crippen LogP contribution in [0.1, 0.15) is 5.56 Å². The standard InChI is InChI=1S/C24H28N4O3S/c1-27-10-12-28(13-11-27)20-15-19(4-5-21(20)30-2)26-22(29)14-18-16-32-24(23(18)31-3)17-6-8-25-9-7-17/h4-9,15-16H,10-14H2,1-3H3,(H,26,29). The number of methoxy groups -OCH3 is 2. The first-order chi connectivity index (χ1) is 15.6. The maximum atomic E-state index is 12.9. The highest BCUT2D eigenvalue weighted by Gasteiger charge is 2.20. The Morgan fingerprint density at radius 2 is 1.84 bits per heavy atom. The molecule has 0 atom stereocenters. The van der Waals surface area contributed by atoms with Crippen LogP contribution in [0.3, 0.4) is 0 Å². The zero-order chi connectivity index (χ0) is 22.5. The van der Waals surface area contributed by atoms with E-state index in [1.807, 2.05) is 35.7 Å². The molecule has 0 radical (unpaired) electrons. The minimum Gasteiger partial charge on any atom is -0.495 e. The number of thiophene rings is 1. The van der Waals surface area contributed by atoms with Crippen molar-refractivity contribution < 1.29 is 14.3 Å². The third-order valence-corrected chi connectivity index (χ3v) is 6.68. The molecule has 3 aromatic rings. The first kappa shape index (κ1) is 22.1. The van der Waals surface area contributed by atoms with Crippen LogP contribution in [-0.4, -0.2) is 63.2 Å². The molecular weight excluding hydrogens is 424 g/mol. The highest BCUT2D eigenvalue weighted by molar-refractivity contribution is 7.14. The SMILES string of the molecule is COc1ccc(NC(=O)Cc2csc(-c3ccncc3)c2OC)cc1N1CCN(C)CC1. The average molecular weight is 453 g/mol. The molecule has 0 unspecified atom stereocenters. The molecule has 0 spiro atoms. The Morgan fingerprint density at radius 3 is 2.53 bits per heavy atom. The van der Waals surface area contributed by atoms with Gasteiger partial charge < -0.3 is 24.6 Å². The summed E-state index contributed by atoms with van der Waals surface area (Å²) in [5.74, 6) is 1.47. The van der Waals surface area contributed by atoms with Crippen molar-refractivity contribution in [3.05, 3.63) is 53.7 Å². The van der Waals surface area contributed by atoms with Crippen molar-refractivity contribution >= 4 is 28.6 Å². The second-order valence-corrected chi connectivity index (χ2v) is 8.64. The van der Waals surface area contributed by atoms with Gasteiger partial charge in [0.2, 0.25) is 5.91 Å². The Morgan fingerprint density at radius 1 is 1.09 bits per heavy atom. The Hall–Kier alpha value is -3.10. The lowest BCUT2D eigenvalue weighted by Crippen LogP contribution is -2.44. The van der Waals surface area contributed by atoms with Crippen molar-refractivity contribution in [3.8, 4) is 21.9 Å². The van der Waals surface area contributed by atoms with Gasteiger partial charge in [-0.15, -0.1) is 11.3 Å². The van der Waals surface area contributed by atoms with E-state index >= 15 is 0 Å². The number of hydrogen-bond donors (Lipinski definition) is 1. The summed E-state index contributed by atoms with van der Waals surface area (Å²) < 4.78 is 11.2. The number of hydrogen-bond acceptors (Lipinski definition) is 7. The zero-order valence-corrected chi connectivity index (χ0v) is 19.4. The Labute approximate surface area is 192 Å². The van der Waals surface area contributed by atoms with E-state index in [2.05, 4.69) is 27.1 Å². The van der Waals surface area contributed by atoms with Gasteiger partial charge in [0, 0.05) is 49.8 Å². The van der Waals surface area contributed by atoms with Crippen molar-refractivity contribution in [2.75, 3.05) is 57.7 Å². The average Bonchev–Trinajstić information content (AvgIpc) is 3.22. The van der Waals surface area contributed by atoms with E-state index < -0.39 is 0 Å². The predicted molar refractivity (Wildman–Crippen MR) is 129 cm³/mol. The summed E-state index contributed by atoms with van der Waals surface area (Å²) in [5.41, 5.74) is 3.66. The molecule has 3 heterocycles. The number of amides is 1. The predicted octanol–water partition coefficient (Wildman–Crippen LogP) is 3.76. The fourth-order valence-corrected chi connectivity index (χ4v) is 4.92. The minimum atomic E-state index is -0.0862. The Kier molecular flexibility index (Phi) is 6.92. The van der Waals surface area contributed by atoms with E-state index in [9.17, 15) is 4.79 Å². The number of piperazine rings is 1. The van der Waals surface area contributed by atoms with Gasteiger partial charge in [0.15, 0.2) is 0 Å². The molecule has 168 valence electrons. The van der Waals surface area contributed by atoms with Crippen LogP contribution in [0.15, 0.2) is 48.1 Å². The lowest BCUT2D eigenvalue weighted by molar-refractivity contribution is -0.115. The quantitative estimate of drug-likeness (QED) is 0.589. The summed E-state index contributed by atoms with van der Waals surface area (Å²) in [7, 11) is 5.44. The number of ether oxygens (including phenoxy) is 2. The number of carbonyl (C=O) groups is 1. The number of nitrogens with zero attached hydrogens (tertiary/aromatic N) is 3. The summed E-state index contributed by atoms with van der Waals surface area (Å²) >= 11 is 1.57. The molecule has 1 aliphatic rings. The molecule has 1 saturated heterocycles. The first-order valence-corrected chi connectivity index (χ1v) is 11.4. The molecule has 1 aliphatic heterocycles. The maximum Gasteiger partial charge on any atom is 0.228 e. The van der Waals surface area contributed by atoms with Crippen LogP contribution >= 0.6 is 11.3 Å². The molecule has 1 fully saturated rings. The molecule has 1 N–H and O–H groups in total. The van der Waals surface area contributed by atoms with Crippen LogP contribution in [0.2, 0.25) is 0 Å². The van der Waals surface area contributed by atoms with E-state index in [4.69, 9.17) is 9.47 Å². The molecule has 4 rings (SSSR count). The molecule has 2 aromatic heterocycles. The number of likely N-dealkylation sites (N-methyl/N-ethyl adjacent to an activating group) is 1. The van der Waals surface area contributed by atoms with Crippen LogP contribution < -0.4 is 19.7 Å². The number of aromatic nitrogens is 1. The van der Waals surface area contributed by atoms with Crippen LogP contribution in [0.4, 0.5) is 11.4 Å².